The van der Waals surface area contributed by atoms with Crippen molar-refractivity contribution < 1.29 is 22.7 Å². The van der Waals surface area contributed by atoms with E-state index in [4.69, 9.17) is 15.7 Å². The zero-order valence-electron chi connectivity index (χ0n) is 16.0. The van der Waals surface area contributed by atoms with Crippen LogP contribution in [0.5, 0.6) is 0 Å². The van der Waals surface area contributed by atoms with E-state index in [0.29, 0.717) is 11.1 Å². The summed E-state index contributed by atoms with van der Waals surface area (Å²) in [6.07, 6.45) is -0.0701. The number of nitrogens with two attached hydrogens (primary N) is 1. The molecule has 0 aliphatic carbocycles. The number of hydrogen-bond acceptors (Lipinski definition) is 6. The van der Waals surface area contributed by atoms with Gasteiger partial charge in [-0.1, -0.05) is 0 Å². The number of nitriles is 1. The van der Waals surface area contributed by atoms with Crippen molar-refractivity contribution in [3.8, 4) is 6.07 Å². The van der Waals surface area contributed by atoms with Crippen LogP contribution < -0.4 is 11.1 Å². The Morgan fingerprint density at radius 2 is 2.20 bits per heavy atom. The largest absolute Gasteiger partial charge is 0.459 e. The average Bonchev–Trinajstić information content (AvgIpc) is 2.74. The highest BCUT2D eigenvalue weighted by atomic mass is 19.1. The summed E-state index contributed by atoms with van der Waals surface area (Å²) in [4.78, 5) is 20.4. The normalized spacial score (nSPS) is 20.6. The molecule has 1 aliphatic heterocycles. The number of anilines is 1. The minimum absolute atomic E-state index is 0.0749. The third kappa shape index (κ3) is 4.05. The number of amides is 1. The molecule has 2 heterocycles. The maximum absolute atomic E-state index is 14.6. The molecule has 0 saturated carbocycles. The van der Waals surface area contributed by atoms with Crippen LogP contribution in [0.15, 0.2) is 35.5 Å². The van der Waals surface area contributed by atoms with Gasteiger partial charge in [0.05, 0.1) is 5.56 Å². The van der Waals surface area contributed by atoms with Gasteiger partial charge >= 0.3 is 0 Å². The maximum atomic E-state index is 14.6. The Labute approximate surface area is 170 Å². The first-order valence-corrected chi connectivity index (χ1v) is 8.94. The second kappa shape index (κ2) is 8.41. The summed E-state index contributed by atoms with van der Waals surface area (Å²) in [7, 11) is 0. The number of aryl methyl sites for hydroxylation is 1. The molecule has 10 heteroatoms. The van der Waals surface area contributed by atoms with E-state index in [0.717, 1.165) is 6.07 Å². The monoisotopic (exact) mass is 417 g/mol. The van der Waals surface area contributed by atoms with Gasteiger partial charge in [0.1, 0.15) is 42.6 Å². The van der Waals surface area contributed by atoms with E-state index < -0.39 is 42.7 Å². The summed E-state index contributed by atoms with van der Waals surface area (Å²) >= 11 is 0. The van der Waals surface area contributed by atoms with Gasteiger partial charge in [-0.25, -0.2) is 23.1 Å². The predicted molar refractivity (Wildman–Crippen MR) is 103 cm³/mol. The van der Waals surface area contributed by atoms with Crippen molar-refractivity contribution in [2.24, 2.45) is 10.7 Å². The lowest BCUT2D eigenvalue weighted by atomic mass is 9.85. The van der Waals surface area contributed by atoms with Gasteiger partial charge in [-0.2, -0.15) is 5.26 Å². The van der Waals surface area contributed by atoms with Crippen LogP contribution in [0.1, 0.15) is 33.6 Å². The number of aromatic nitrogens is 1. The number of ether oxygens (including phenoxy) is 1. The molecule has 156 valence electrons. The van der Waals surface area contributed by atoms with Crippen LogP contribution in [0.25, 0.3) is 0 Å². The Morgan fingerprint density at radius 1 is 1.43 bits per heavy atom. The summed E-state index contributed by atoms with van der Waals surface area (Å²) in [6.45, 7) is -0.467. The van der Waals surface area contributed by atoms with Gasteiger partial charge in [0, 0.05) is 23.9 Å². The molecule has 0 fully saturated rings. The molecule has 1 amide bonds. The lowest BCUT2D eigenvalue weighted by molar-refractivity contribution is 0.0781. The molecule has 0 unspecified atom stereocenters. The summed E-state index contributed by atoms with van der Waals surface area (Å²) in [5.74, 6) is -1.38. The van der Waals surface area contributed by atoms with Crippen LogP contribution >= 0.6 is 0 Å². The van der Waals surface area contributed by atoms with Crippen LogP contribution in [0.2, 0.25) is 0 Å². The number of aliphatic imine (C=N–C) groups is 1. The van der Waals surface area contributed by atoms with Crippen molar-refractivity contribution in [3.63, 3.8) is 0 Å². The average molecular weight is 417 g/mol. The quantitative estimate of drug-likeness (QED) is 0.777. The topological polar surface area (TPSA) is 113 Å². The molecule has 0 bridgehead atoms. The molecular formula is C20H18F3N5O2. The van der Waals surface area contributed by atoms with Crippen molar-refractivity contribution in [1.82, 2.24) is 4.98 Å². The van der Waals surface area contributed by atoms with E-state index >= 15 is 0 Å². The van der Waals surface area contributed by atoms with Crippen molar-refractivity contribution in [2.75, 3.05) is 18.7 Å². The predicted octanol–water partition coefficient (Wildman–Crippen LogP) is 2.89. The highest BCUT2D eigenvalue weighted by molar-refractivity contribution is 6.03. The molecule has 7 nitrogen and oxygen atoms in total. The fourth-order valence-electron chi connectivity index (χ4n) is 3.31. The van der Waals surface area contributed by atoms with E-state index in [2.05, 4.69) is 15.3 Å². The van der Waals surface area contributed by atoms with Gasteiger partial charge in [0.25, 0.3) is 11.9 Å². The van der Waals surface area contributed by atoms with Gasteiger partial charge in [0.2, 0.25) is 0 Å². The molecule has 3 rings (SSSR count). The smallest absolute Gasteiger partial charge is 0.283 e. The summed E-state index contributed by atoms with van der Waals surface area (Å²) in [5.41, 5.74) is 4.60. The van der Waals surface area contributed by atoms with Gasteiger partial charge in [0.15, 0.2) is 0 Å². The van der Waals surface area contributed by atoms with Gasteiger partial charge in [-0.05, 0) is 36.8 Å². The lowest BCUT2D eigenvalue weighted by Crippen LogP contribution is -2.43. The fraction of sp³-hybridized carbons (Fsp3) is 0.300. The molecule has 1 aromatic heterocycles. The maximum Gasteiger partial charge on any atom is 0.283 e. The number of alkyl halides is 2. The van der Waals surface area contributed by atoms with Gasteiger partial charge in [-0.15, -0.1) is 0 Å². The van der Waals surface area contributed by atoms with Crippen LogP contribution in [0, 0.1) is 24.1 Å². The zero-order valence-corrected chi connectivity index (χ0v) is 16.0. The molecule has 0 spiro atoms. The van der Waals surface area contributed by atoms with Crippen LogP contribution in [0.4, 0.5) is 18.9 Å². The number of hydrogen-bond donors (Lipinski definition) is 2. The number of nitrogens with one attached hydrogen (secondary N) is 1. The third-order valence-electron chi connectivity index (χ3n) is 4.72. The SMILES string of the molecule is Cc1cc(C#N)cnc1C(=O)Nc1ccc(F)c([C@]2(CF)C[C@@H](CF)OC(N)=N2)c1. The Morgan fingerprint density at radius 3 is 2.83 bits per heavy atom. The molecule has 0 saturated heterocycles. The summed E-state index contributed by atoms with van der Waals surface area (Å²) in [6, 6.07) is 6.56. The Bertz CT molecular complexity index is 1050. The number of amidine groups is 1. The summed E-state index contributed by atoms with van der Waals surface area (Å²) < 4.78 is 46.8. The van der Waals surface area contributed by atoms with Crippen LogP contribution in [0.3, 0.4) is 0 Å². The fourth-order valence-corrected chi connectivity index (χ4v) is 3.31. The molecule has 30 heavy (non-hydrogen) atoms. The molecule has 1 aromatic carbocycles. The van der Waals surface area contributed by atoms with E-state index in [1.807, 2.05) is 6.07 Å². The number of pyridine rings is 1. The van der Waals surface area contributed by atoms with Crippen LogP contribution in [-0.2, 0) is 10.3 Å². The second-order valence-electron chi connectivity index (χ2n) is 6.86. The number of carbonyl (C=O) groups excluding carboxylic acids is 1. The number of halogens is 3. The zero-order chi connectivity index (χ0) is 21.9. The van der Waals surface area contributed by atoms with E-state index in [1.54, 1.807) is 6.92 Å². The first kappa shape index (κ1) is 21.1. The molecule has 0 radical (unpaired) electrons. The highest BCUT2D eigenvalue weighted by Crippen LogP contribution is 2.38. The van der Waals surface area contributed by atoms with E-state index in [1.165, 1.54) is 24.4 Å². The van der Waals surface area contributed by atoms with Crippen molar-refractivity contribution >= 4 is 17.6 Å². The van der Waals surface area contributed by atoms with E-state index in [9.17, 15) is 18.0 Å². The minimum Gasteiger partial charge on any atom is -0.459 e. The number of benzene rings is 1. The van der Waals surface area contributed by atoms with Gasteiger partial charge in [-0.3, -0.25) is 4.79 Å². The third-order valence-corrected chi connectivity index (χ3v) is 4.72. The Hall–Kier alpha value is -3.61. The lowest BCUT2D eigenvalue weighted by Gasteiger charge is -2.35. The Kier molecular flexibility index (Phi) is 5.91. The second-order valence-corrected chi connectivity index (χ2v) is 6.86. The molecule has 2 aromatic rings. The molecular weight excluding hydrogens is 399 g/mol. The van der Waals surface area contributed by atoms with Crippen molar-refractivity contribution in [1.29, 1.82) is 5.26 Å². The first-order chi connectivity index (χ1) is 14.3. The van der Waals surface area contributed by atoms with Crippen molar-refractivity contribution in [3.05, 3.63) is 58.7 Å². The number of nitrogens with zero attached hydrogens (tertiary/aromatic N) is 3. The Balaban J connectivity index is 1.95. The first-order valence-electron chi connectivity index (χ1n) is 8.94. The van der Waals surface area contributed by atoms with Crippen molar-refractivity contribution in [2.45, 2.75) is 25.0 Å². The molecule has 3 N–H and O–H groups in total. The minimum atomic E-state index is -1.77. The molecule has 2 atom stereocenters. The number of carbonyl (C=O) groups is 1. The van der Waals surface area contributed by atoms with Gasteiger partial charge < -0.3 is 15.8 Å². The number of rotatable bonds is 5. The van der Waals surface area contributed by atoms with Crippen LogP contribution in [-0.4, -0.2) is 36.4 Å². The highest BCUT2D eigenvalue weighted by Gasteiger charge is 2.42. The van der Waals surface area contributed by atoms with E-state index in [-0.39, 0.29) is 23.4 Å². The summed E-state index contributed by atoms with van der Waals surface area (Å²) in [5, 5.41) is 11.5. The molecule has 1 aliphatic rings. The standard InChI is InChI=1S/C20H18F3N5O2/c1-11-4-12(8-24)9-26-17(11)18(29)27-13-2-3-16(23)15(5-13)20(10-22)6-14(7-21)30-19(25)28-20/h2-5,9,14H,6-7,10H2,1H3,(H2,25,28)(H,27,29)/t14-,20+/m0/s1.